The molecule has 0 spiro atoms. The Balaban J connectivity index is 1.48. The fourth-order valence-electron chi connectivity index (χ4n) is 3.79. The van der Waals surface area contributed by atoms with E-state index in [1.807, 2.05) is 17.0 Å². The van der Waals surface area contributed by atoms with Crippen molar-refractivity contribution in [1.29, 1.82) is 0 Å². The second kappa shape index (κ2) is 7.44. The van der Waals surface area contributed by atoms with Gasteiger partial charge < -0.3 is 20.9 Å². The average Bonchev–Trinajstić information content (AvgIpc) is 2.72. The second-order valence-electron chi connectivity index (χ2n) is 7.01. The van der Waals surface area contributed by atoms with Crippen molar-refractivity contribution in [3.8, 4) is 0 Å². The number of hydrogen-bond donors (Lipinski definition) is 3. The molecule has 0 aliphatic carbocycles. The molecular formula is C21H23N5O2. The molecular weight excluding hydrogens is 354 g/mol. The van der Waals surface area contributed by atoms with E-state index in [0.717, 1.165) is 12.1 Å². The Morgan fingerprint density at radius 2 is 2.14 bits per heavy atom. The van der Waals surface area contributed by atoms with E-state index >= 15 is 0 Å². The van der Waals surface area contributed by atoms with Crippen molar-refractivity contribution in [3.63, 3.8) is 0 Å². The molecule has 0 radical (unpaired) electrons. The van der Waals surface area contributed by atoms with Crippen LogP contribution in [0.3, 0.4) is 0 Å². The Morgan fingerprint density at radius 3 is 2.96 bits per heavy atom. The van der Waals surface area contributed by atoms with Gasteiger partial charge in [0.05, 0.1) is 30.0 Å². The monoisotopic (exact) mass is 377 g/mol. The van der Waals surface area contributed by atoms with Crippen LogP contribution in [-0.2, 0) is 17.8 Å². The van der Waals surface area contributed by atoms with Gasteiger partial charge in [0.1, 0.15) is 5.82 Å². The van der Waals surface area contributed by atoms with Crippen LogP contribution >= 0.6 is 0 Å². The van der Waals surface area contributed by atoms with E-state index in [0.29, 0.717) is 23.3 Å². The molecule has 0 saturated heterocycles. The predicted molar refractivity (Wildman–Crippen MR) is 109 cm³/mol. The molecule has 28 heavy (non-hydrogen) atoms. The van der Waals surface area contributed by atoms with Gasteiger partial charge in [0.2, 0.25) is 5.91 Å². The zero-order valence-corrected chi connectivity index (χ0v) is 15.7. The number of nitrogens with two attached hydrogens (primary N) is 1. The van der Waals surface area contributed by atoms with Crippen LogP contribution in [0.2, 0.25) is 0 Å². The first-order valence-corrected chi connectivity index (χ1v) is 9.41. The van der Waals surface area contributed by atoms with E-state index < -0.39 is 0 Å². The predicted octanol–water partition coefficient (Wildman–Crippen LogP) is 1.94. The second-order valence-corrected chi connectivity index (χ2v) is 7.01. The molecule has 4 N–H and O–H groups in total. The minimum absolute atomic E-state index is 0.0450. The lowest BCUT2D eigenvalue weighted by Crippen LogP contribution is -2.41. The van der Waals surface area contributed by atoms with Crippen molar-refractivity contribution in [2.75, 3.05) is 18.4 Å². The quantitative estimate of drug-likeness (QED) is 0.645. The first-order chi connectivity index (χ1) is 13.6. The number of amides is 1. The smallest absolute Gasteiger partial charge is 0.258 e. The SMILES string of the molecule is CC1c2ccccc2CCN1C(=O)CNc1ccc2c(=O)[nH]c(CN)nc2c1. The summed E-state index contributed by atoms with van der Waals surface area (Å²) < 4.78 is 0. The highest BCUT2D eigenvalue weighted by Crippen LogP contribution is 2.29. The Bertz CT molecular complexity index is 1090. The van der Waals surface area contributed by atoms with Gasteiger partial charge in [0.15, 0.2) is 0 Å². The number of carbonyl (C=O) groups is 1. The number of anilines is 1. The molecule has 2 aromatic carbocycles. The van der Waals surface area contributed by atoms with Crippen LogP contribution in [0.25, 0.3) is 10.9 Å². The van der Waals surface area contributed by atoms with E-state index in [2.05, 4.69) is 34.3 Å². The van der Waals surface area contributed by atoms with Gasteiger partial charge in [-0.2, -0.15) is 0 Å². The lowest BCUT2D eigenvalue weighted by molar-refractivity contribution is -0.131. The Hall–Kier alpha value is -3.19. The van der Waals surface area contributed by atoms with Gasteiger partial charge in [-0.15, -0.1) is 0 Å². The van der Waals surface area contributed by atoms with Crippen molar-refractivity contribution >= 4 is 22.5 Å². The van der Waals surface area contributed by atoms with E-state index in [1.54, 1.807) is 18.2 Å². The number of hydrogen-bond acceptors (Lipinski definition) is 5. The molecule has 1 aliphatic heterocycles. The lowest BCUT2D eigenvalue weighted by Gasteiger charge is -2.35. The maximum Gasteiger partial charge on any atom is 0.258 e. The number of aromatic amines is 1. The summed E-state index contributed by atoms with van der Waals surface area (Å²) in [5.74, 6) is 0.482. The summed E-state index contributed by atoms with van der Waals surface area (Å²) in [6.07, 6.45) is 0.872. The number of benzene rings is 2. The topological polar surface area (TPSA) is 104 Å². The minimum Gasteiger partial charge on any atom is -0.376 e. The molecule has 1 aromatic heterocycles. The van der Waals surface area contributed by atoms with E-state index in [-0.39, 0.29) is 30.6 Å². The number of rotatable bonds is 4. The molecule has 1 aliphatic rings. The van der Waals surface area contributed by atoms with Gasteiger partial charge in [-0.05, 0) is 42.7 Å². The maximum absolute atomic E-state index is 12.8. The van der Waals surface area contributed by atoms with Crippen LogP contribution in [0.1, 0.15) is 29.9 Å². The molecule has 1 atom stereocenters. The number of aromatic nitrogens is 2. The molecule has 1 amide bonds. The van der Waals surface area contributed by atoms with Crippen molar-refractivity contribution in [1.82, 2.24) is 14.9 Å². The summed E-state index contributed by atoms with van der Waals surface area (Å²) in [5.41, 5.74) is 9.19. The van der Waals surface area contributed by atoms with Gasteiger partial charge in [0, 0.05) is 12.2 Å². The number of H-pyrrole nitrogens is 1. The Labute approximate surface area is 162 Å². The van der Waals surface area contributed by atoms with E-state index in [9.17, 15) is 9.59 Å². The van der Waals surface area contributed by atoms with Crippen LogP contribution in [0, 0.1) is 0 Å². The van der Waals surface area contributed by atoms with E-state index in [4.69, 9.17) is 5.73 Å². The number of nitrogens with one attached hydrogen (secondary N) is 2. The lowest BCUT2D eigenvalue weighted by atomic mass is 9.93. The third-order valence-corrected chi connectivity index (χ3v) is 5.31. The van der Waals surface area contributed by atoms with Gasteiger partial charge in [-0.1, -0.05) is 24.3 Å². The van der Waals surface area contributed by atoms with Gasteiger partial charge in [0.25, 0.3) is 5.56 Å². The zero-order valence-electron chi connectivity index (χ0n) is 15.7. The summed E-state index contributed by atoms with van der Waals surface area (Å²) in [6.45, 7) is 3.13. The van der Waals surface area contributed by atoms with Crippen LogP contribution < -0.4 is 16.6 Å². The first kappa shape index (κ1) is 18.2. The third-order valence-electron chi connectivity index (χ3n) is 5.31. The van der Waals surface area contributed by atoms with E-state index in [1.165, 1.54) is 11.1 Å². The summed E-state index contributed by atoms with van der Waals surface area (Å²) in [5, 5.41) is 3.66. The first-order valence-electron chi connectivity index (χ1n) is 9.41. The molecule has 0 fully saturated rings. The summed E-state index contributed by atoms with van der Waals surface area (Å²) in [6, 6.07) is 13.6. The largest absolute Gasteiger partial charge is 0.376 e. The highest BCUT2D eigenvalue weighted by molar-refractivity contribution is 5.84. The fourth-order valence-corrected chi connectivity index (χ4v) is 3.79. The Morgan fingerprint density at radius 1 is 1.32 bits per heavy atom. The standard InChI is InChI=1S/C21H23N5O2/c1-13-16-5-3-2-4-14(16)8-9-26(13)20(27)12-23-15-6-7-17-18(10-15)24-19(11-22)25-21(17)28/h2-7,10,13,23H,8-9,11-12,22H2,1H3,(H,24,25,28). The van der Waals surface area contributed by atoms with Crippen LogP contribution in [0.15, 0.2) is 47.3 Å². The van der Waals surface area contributed by atoms with Crippen LogP contribution in [0.4, 0.5) is 5.69 Å². The number of nitrogens with zero attached hydrogens (tertiary/aromatic N) is 2. The number of carbonyl (C=O) groups excluding carboxylic acids is 1. The molecule has 0 bridgehead atoms. The summed E-state index contributed by atoms with van der Waals surface area (Å²) >= 11 is 0. The van der Waals surface area contributed by atoms with Gasteiger partial charge in [-0.25, -0.2) is 4.98 Å². The minimum atomic E-state index is -0.214. The number of fused-ring (bicyclic) bond motifs is 2. The van der Waals surface area contributed by atoms with Gasteiger partial charge in [-0.3, -0.25) is 9.59 Å². The van der Waals surface area contributed by atoms with Crippen molar-refractivity contribution in [3.05, 3.63) is 69.8 Å². The third kappa shape index (κ3) is 3.36. The van der Waals surface area contributed by atoms with Crippen LogP contribution in [0.5, 0.6) is 0 Å². The molecule has 144 valence electrons. The molecule has 2 heterocycles. The van der Waals surface area contributed by atoms with Crippen molar-refractivity contribution in [2.24, 2.45) is 5.73 Å². The molecule has 4 rings (SSSR count). The highest BCUT2D eigenvalue weighted by atomic mass is 16.2. The van der Waals surface area contributed by atoms with Crippen molar-refractivity contribution in [2.45, 2.75) is 25.9 Å². The average molecular weight is 377 g/mol. The molecule has 7 nitrogen and oxygen atoms in total. The molecule has 3 aromatic rings. The Kier molecular flexibility index (Phi) is 4.83. The summed E-state index contributed by atoms with van der Waals surface area (Å²) in [4.78, 5) is 33.7. The molecule has 1 unspecified atom stereocenters. The highest BCUT2D eigenvalue weighted by Gasteiger charge is 2.26. The van der Waals surface area contributed by atoms with Crippen molar-refractivity contribution < 1.29 is 4.79 Å². The maximum atomic E-state index is 12.8. The fraction of sp³-hybridized carbons (Fsp3) is 0.286. The normalized spacial score (nSPS) is 16.1. The molecule has 0 saturated carbocycles. The summed E-state index contributed by atoms with van der Waals surface area (Å²) in [7, 11) is 0. The van der Waals surface area contributed by atoms with Crippen LogP contribution in [-0.4, -0.2) is 33.9 Å². The van der Waals surface area contributed by atoms with Gasteiger partial charge >= 0.3 is 0 Å². The zero-order chi connectivity index (χ0) is 19.7. The molecule has 7 heteroatoms.